The predicted octanol–water partition coefficient (Wildman–Crippen LogP) is 14.8. The summed E-state index contributed by atoms with van der Waals surface area (Å²) >= 11 is 0. The largest absolute Gasteiger partial charge is 0.310 e. The van der Waals surface area contributed by atoms with Gasteiger partial charge in [-0.15, -0.1) is 0 Å². The molecule has 1 aliphatic rings. The molecule has 54 heavy (non-hydrogen) atoms. The number of fused-ring (bicyclic) bond motifs is 5. The first-order valence-corrected chi connectivity index (χ1v) is 18.8. The molecule has 0 unspecified atom stereocenters. The fraction of sp³-hybridized carbons (Fsp3) is 0.0566. The topological polar surface area (TPSA) is 3.24 Å². The average Bonchev–Trinajstić information content (AvgIpc) is 3.46. The molecule has 0 N–H and O–H groups in total. The Kier molecular flexibility index (Phi) is 7.56. The molecule has 0 bridgehead atoms. The fourth-order valence-electron chi connectivity index (χ4n) is 8.69. The molecule has 0 aliphatic heterocycles. The summed E-state index contributed by atoms with van der Waals surface area (Å²) in [6.45, 7) is 4.71. The lowest BCUT2D eigenvalue weighted by atomic mass is 9.82. The minimum atomic E-state index is -0.0968. The molecule has 10 rings (SSSR count). The van der Waals surface area contributed by atoms with Gasteiger partial charge in [0, 0.05) is 22.5 Å². The van der Waals surface area contributed by atoms with Gasteiger partial charge in [-0.05, 0) is 114 Å². The van der Waals surface area contributed by atoms with E-state index in [4.69, 9.17) is 0 Å². The van der Waals surface area contributed by atoms with Crippen LogP contribution in [0.3, 0.4) is 0 Å². The third-order valence-electron chi connectivity index (χ3n) is 11.5. The lowest BCUT2D eigenvalue weighted by Crippen LogP contribution is -2.16. The first kappa shape index (κ1) is 32.0. The van der Waals surface area contributed by atoms with Gasteiger partial charge in [-0.25, -0.2) is 0 Å². The number of hydrogen-bond donors (Lipinski definition) is 0. The molecule has 0 saturated heterocycles. The molecule has 256 valence electrons. The maximum atomic E-state index is 2.42. The van der Waals surface area contributed by atoms with Gasteiger partial charge in [0.2, 0.25) is 0 Å². The van der Waals surface area contributed by atoms with Crippen LogP contribution in [0.15, 0.2) is 200 Å². The molecular formula is C53H39N. The molecule has 0 saturated carbocycles. The standard InChI is InChI=1S/C53H39N/c1-53(2)51-23-8-7-20-49(51)50-33-32-44(35-52(50)53)54(43-17-9-16-41(34-43)48-22-11-15-39-13-4-6-19-46(39)48)42-30-28-37(29-31-42)36-24-26-40(27-25-36)47-21-10-14-38-12-3-5-18-45(38)47/h3-35H,1-2H3. The van der Waals surface area contributed by atoms with Crippen LogP contribution in [-0.2, 0) is 5.41 Å². The Labute approximate surface area is 317 Å². The van der Waals surface area contributed by atoms with Crippen molar-refractivity contribution in [3.63, 3.8) is 0 Å². The van der Waals surface area contributed by atoms with E-state index in [9.17, 15) is 0 Å². The second-order valence-corrected chi connectivity index (χ2v) is 15.0. The molecule has 0 amide bonds. The van der Waals surface area contributed by atoms with E-state index < -0.39 is 0 Å². The highest BCUT2D eigenvalue weighted by Crippen LogP contribution is 2.51. The van der Waals surface area contributed by atoms with Crippen molar-refractivity contribution in [3.8, 4) is 44.5 Å². The van der Waals surface area contributed by atoms with Crippen LogP contribution in [0.4, 0.5) is 17.1 Å². The SMILES string of the molecule is CC1(C)c2ccccc2-c2ccc(N(c3ccc(-c4ccc(-c5cccc6ccccc56)cc4)cc3)c3cccc(-c4cccc5ccccc45)c3)cc21. The Hall–Kier alpha value is -6.70. The maximum absolute atomic E-state index is 2.42. The Morgan fingerprint density at radius 2 is 0.796 bits per heavy atom. The van der Waals surface area contributed by atoms with Crippen LogP contribution < -0.4 is 4.90 Å². The first-order chi connectivity index (χ1) is 26.5. The summed E-state index contributed by atoms with van der Waals surface area (Å²) in [5, 5.41) is 5.05. The summed E-state index contributed by atoms with van der Waals surface area (Å²) in [5.41, 5.74) is 16.0. The van der Waals surface area contributed by atoms with Crippen LogP contribution in [0.5, 0.6) is 0 Å². The Morgan fingerprint density at radius 1 is 0.315 bits per heavy atom. The number of benzene rings is 9. The zero-order chi connectivity index (χ0) is 36.2. The van der Waals surface area contributed by atoms with E-state index >= 15 is 0 Å². The van der Waals surface area contributed by atoms with Crippen LogP contribution >= 0.6 is 0 Å². The summed E-state index contributed by atoms with van der Waals surface area (Å²) < 4.78 is 0. The Balaban J connectivity index is 1.06. The van der Waals surface area contributed by atoms with Crippen molar-refractivity contribution in [1.29, 1.82) is 0 Å². The predicted molar refractivity (Wildman–Crippen MR) is 230 cm³/mol. The van der Waals surface area contributed by atoms with Gasteiger partial charge >= 0.3 is 0 Å². The summed E-state index contributed by atoms with van der Waals surface area (Å²) in [6.07, 6.45) is 0. The molecule has 1 heteroatoms. The van der Waals surface area contributed by atoms with E-state index in [1.807, 2.05) is 0 Å². The van der Waals surface area contributed by atoms with E-state index in [1.54, 1.807) is 0 Å². The van der Waals surface area contributed by atoms with E-state index in [0.29, 0.717) is 0 Å². The van der Waals surface area contributed by atoms with Crippen molar-refractivity contribution < 1.29 is 0 Å². The van der Waals surface area contributed by atoms with Crippen LogP contribution in [0.25, 0.3) is 66.1 Å². The number of anilines is 3. The highest BCUT2D eigenvalue weighted by molar-refractivity contribution is 5.98. The smallest absolute Gasteiger partial charge is 0.0467 e. The van der Waals surface area contributed by atoms with Gasteiger partial charge in [-0.1, -0.05) is 178 Å². The van der Waals surface area contributed by atoms with E-state index in [2.05, 4.69) is 219 Å². The third-order valence-corrected chi connectivity index (χ3v) is 11.5. The molecule has 1 aliphatic carbocycles. The second kappa shape index (κ2) is 12.8. The van der Waals surface area contributed by atoms with Crippen LogP contribution in [-0.4, -0.2) is 0 Å². The van der Waals surface area contributed by atoms with Gasteiger partial charge in [-0.3, -0.25) is 0 Å². The molecule has 0 spiro atoms. The molecule has 1 nitrogen and oxygen atoms in total. The van der Waals surface area contributed by atoms with Gasteiger partial charge in [0.25, 0.3) is 0 Å². The Bertz CT molecular complexity index is 2830. The summed E-state index contributed by atoms with van der Waals surface area (Å²) in [5.74, 6) is 0. The van der Waals surface area contributed by atoms with E-state index in [1.165, 1.54) is 77.2 Å². The third kappa shape index (κ3) is 5.32. The van der Waals surface area contributed by atoms with Crippen molar-refractivity contribution in [2.45, 2.75) is 19.3 Å². The first-order valence-electron chi connectivity index (χ1n) is 18.8. The van der Waals surface area contributed by atoms with E-state index in [0.717, 1.165) is 17.1 Å². The zero-order valence-corrected chi connectivity index (χ0v) is 30.5. The number of hydrogen-bond acceptors (Lipinski definition) is 1. The van der Waals surface area contributed by atoms with Crippen molar-refractivity contribution >= 4 is 38.6 Å². The van der Waals surface area contributed by atoms with Crippen molar-refractivity contribution in [3.05, 3.63) is 211 Å². The van der Waals surface area contributed by atoms with Gasteiger partial charge in [0.15, 0.2) is 0 Å². The monoisotopic (exact) mass is 689 g/mol. The van der Waals surface area contributed by atoms with Gasteiger partial charge in [0.1, 0.15) is 0 Å². The second-order valence-electron chi connectivity index (χ2n) is 15.0. The number of rotatable bonds is 6. The average molecular weight is 690 g/mol. The minimum Gasteiger partial charge on any atom is -0.310 e. The maximum Gasteiger partial charge on any atom is 0.0467 e. The lowest BCUT2D eigenvalue weighted by molar-refractivity contribution is 0.660. The number of nitrogens with zero attached hydrogens (tertiary/aromatic N) is 1. The quantitative estimate of drug-likeness (QED) is 0.168. The molecule has 0 aromatic heterocycles. The van der Waals surface area contributed by atoms with E-state index in [-0.39, 0.29) is 5.41 Å². The highest BCUT2D eigenvalue weighted by Gasteiger charge is 2.35. The van der Waals surface area contributed by atoms with Crippen molar-refractivity contribution in [2.24, 2.45) is 0 Å². The lowest BCUT2D eigenvalue weighted by Gasteiger charge is -2.28. The van der Waals surface area contributed by atoms with Crippen LogP contribution in [0.2, 0.25) is 0 Å². The van der Waals surface area contributed by atoms with Crippen molar-refractivity contribution in [1.82, 2.24) is 0 Å². The van der Waals surface area contributed by atoms with Crippen LogP contribution in [0, 0.1) is 0 Å². The molecule has 0 heterocycles. The summed E-state index contributed by atoms with van der Waals surface area (Å²) in [7, 11) is 0. The normalized spacial score (nSPS) is 12.8. The molecule has 9 aromatic rings. The van der Waals surface area contributed by atoms with Gasteiger partial charge in [-0.2, -0.15) is 0 Å². The Morgan fingerprint density at radius 3 is 1.50 bits per heavy atom. The van der Waals surface area contributed by atoms with Gasteiger partial charge < -0.3 is 4.90 Å². The molecule has 9 aromatic carbocycles. The summed E-state index contributed by atoms with van der Waals surface area (Å²) in [4.78, 5) is 2.42. The van der Waals surface area contributed by atoms with Gasteiger partial charge in [0.05, 0.1) is 0 Å². The molecular weight excluding hydrogens is 651 g/mol. The highest BCUT2D eigenvalue weighted by atomic mass is 15.1. The summed E-state index contributed by atoms with van der Waals surface area (Å²) in [6, 6.07) is 73.4. The zero-order valence-electron chi connectivity index (χ0n) is 30.5. The van der Waals surface area contributed by atoms with Crippen LogP contribution in [0.1, 0.15) is 25.0 Å². The van der Waals surface area contributed by atoms with Crippen molar-refractivity contribution in [2.75, 3.05) is 4.90 Å². The molecule has 0 fully saturated rings. The molecule has 0 atom stereocenters. The fourth-order valence-corrected chi connectivity index (χ4v) is 8.69. The minimum absolute atomic E-state index is 0.0968. The molecule has 0 radical (unpaired) electrons.